The highest BCUT2D eigenvalue weighted by atomic mass is 35.5. The lowest BCUT2D eigenvalue weighted by Gasteiger charge is -2.13. The number of carbonyl (C=O) groups excluding carboxylic acids is 2. The summed E-state index contributed by atoms with van der Waals surface area (Å²) < 4.78 is 5.94. The van der Waals surface area contributed by atoms with Gasteiger partial charge in [-0.05, 0) is 71.4 Å². The molecule has 0 radical (unpaired) electrons. The van der Waals surface area contributed by atoms with Gasteiger partial charge in [0.05, 0.1) is 21.5 Å². The van der Waals surface area contributed by atoms with Crippen molar-refractivity contribution >= 4 is 75.4 Å². The van der Waals surface area contributed by atoms with Crippen molar-refractivity contribution in [2.24, 2.45) is 0 Å². The van der Waals surface area contributed by atoms with Gasteiger partial charge < -0.3 is 4.74 Å². The lowest BCUT2D eigenvalue weighted by molar-refractivity contribution is -0.123. The maximum absolute atomic E-state index is 13.0. The van der Waals surface area contributed by atoms with Gasteiger partial charge in [-0.25, -0.2) is 0 Å². The summed E-state index contributed by atoms with van der Waals surface area (Å²) in [6, 6.07) is 17.4. The van der Waals surface area contributed by atoms with E-state index in [4.69, 9.17) is 51.1 Å². The predicted molar refractivity (Wildman–Crippen MR) is 135 cm³/mol. The first-order chi connectivity index (χ1) is 15.8. The zero-order valence-electron chi connectivity index (χ0n) is 16.9. The van der Waals surface area contributed by atoms with Crippen molar-refractivity contribution in [3.63, 3.8) is 0 Å². The van der Waals surface area contributed by atoms with Gasteiger partial charge in [-0.2, -0.15) is 0 Å². The average Bonchev–Trinajstić information content (AvgIpc) is 3.03. The van der Waals surface area contributed by atoms with Gasteiger partial charge >= 0.3 is 0 Å². The van der Waals surface area contributed by atoms with Gasteiger partial charge in [0.1, 0.15) is 12.4 Å². The molecule has 0 N–H and O–H groups in total. The van der Waals surface area contributed by atoms with E-state index in [0.717, 1.165) is 22.2 Å². The van der Waals surface area contributed by atoms with Crippen LogP contribution in [0.4, 0.5) is 4.79 Å². The summed E-state index contributed by atoms with van der Waals surface area (Å²) in [5.74, 6) is 0.118. The van der Waals surface area contributed by atoms with E-state index in [2.05, 4.69) is 0 Å². The highest BCUT2D eigenvalue weighted by Gasteiger charge is 2.35. The summed E-state index contributed by atoms with van der Waals surface area (Å²) in [6.45, 7) is 0.369. The molecule has 1 aliphatic heterocycles. The largest absolute Gasteiger partial charge is 0.488 e. The van der Waals surface area contributed by atoms with Gasteiger partial charge in [0.25, 0.3) is 11.1 Å². The fourth-order valence-corrected chi connectivity index (χ4v) is 4.69. The van der Waals surface area contributed by atoms with Crippen LogP contribution >= 0.6 is 58.2 Å². The molecule has 0 unspecified atom stereocenters. The first-order valence-electron chi connectivity index (χ1n) is 9.66. The maximum atomic E-state index is 13.0. The number of thioether (sulfide) groups is 1. The molecule has 1 fully saturated rings. The summed E-state index contributed by atoms with van der Waals surface area (Å²) in [4.78, 5) is 26.9. The Kier molecular flexibility index (Phi) is 7.57. The zero-order chi connectivity index (χ0) is 23.5. The molecule has 1 saturated heterocycles. The Balaban J connectivity index is 1.55. The molecule has 3 aromatic carbocycles. The lowest BCUT2D eigenvalue weighted by atomic mass is 10.1. The molecule has 4 nitrogen and oxygen atoms in total. The van der Waals surface area contributed by atoms with E-state index in [0.29, 0.717) is 37.0 Å². The average molecular weight is 539 g/mol. The van der Waals surface area contributed by atoms with E-state index in [1.165, 1.54) is 0 Å². The highest BCUT2D eigenvalue weighted by Crippen LogP contribution is 2.36. The van der Waals surface area contributed by atoms with E-state index in [1.807, 2.05) is 18.2 Å². The topological polar surface area (TPSA) is 46.6 Å². The Morgan fingerprint density at radius 1 is 0.848 bits per heavy atom. The van der Waals surface area contributed by atoms with E-state index in [9.17, 15) is 9.59 Å². The van der Waals surface area contributed by atoms with Gasteiger partial charge in [-0.3, -0.25) is 14.5 Å². The van der Waals surface area contributed by atoms with Crippen molar-refractivity contribution in [2.45, 2.75) is 13.2 Å². The molecule has 9 heteroatoms. The van der Waals surface area contributed by atoms with Crippen LogP contribution in [-0.2, 0) is 17.9 Å². The molecule has 0 bridgehead atoms. The Bertz CT molecular complexity index is 1280. The summed E-state index contributed by atoms with van der Waals surface area (Å²) in [5.41, 5.74) is 2.18. The molecule has 2 amide bonds. The minimum Gasteiger partial charge on any atom is -0.488 e. The third-order valence-corrected chi connectivity index (χ3v) is 6.86. The number of hydrogen-bond acceptors (Lipinski definition) is 4. The third-order valence-electron chi connectivity index (χ3n) is 4.74. The standard InChI is InChI=1S/C24H15Cl4NO3S/c25-17-3-1-2-15(8-17)13-32-21-7-5-18(26)10-16(21)11-22-23(30)29(24(31)33-22)12-14-4-6-19(27)20(28)9-14/h1-11H,12-13H2/b22-11+. The Labute approximate surface area is 215 Å². The van der Waals surface area contributed by atoms with Crippen LogP contribution in [0, 0.1) is 0 Å². The van der Waals surface area contributed by atoms with E-state index < -0.39 is 5.91 Å². The number of hydrogen-bond donors (Lipinski definition) is 0. The molecule has 0 atom stereocenters. The second kappa shape index (κ2) is 10.4. The fraction of sp³-hybridized carbons (Fsp3) is 0.0833. The SMILES string of the molecule is O=C1S/C(=C/c2cc(Cl)ccc2OCc2cccc(Cl)c2)C(=O)N1Cc1ccc(Cl)c(Cl)c1. The number of ether oxygens (including phenoxy) is 1. The van der Waals surface area contributed by atoms with Crippen LogP contribution < -0.4 is 4.74 Å². The quantitative estimate of drug-likeness (QED) is 0.297. The van der Waals surface area contributed by atoms with Crippen molar-refractivity contribution in [1.82, 2.24) is 4.90 Å². The van der Waals surface area contributed by atoms with Gasteiger partial charge in [0, 0.05) is 15.6 Å². The second-order valence-corrected chi connectivity index (χ2v) is 9.80. The van der Waals surface area contributed by atoms with Gasteiger partial charge in [-0.1, -0.05) is 64.6 Å². The first kappa shape index (κ1) is 24.0. The Morgan fingerprint density at radius 2 is 1.64 bits per heavy atom. The monoisotopic (exact) mass is 537 g/mol. The maximum Gasteiger partial charge on any atom is 0.293 e. The van der Waals surface area contributed by atoms with Crippen molar-refractivity contribution in [3.05, 3.63) is 102 Å². The molecule has 4 rings (SSSR count). The summed E-state index contributed by atoms with van der Waals surface area (Å²) in [7, 11) is 0. The summed E-state index contributed by atoms with van der Waals surface area (Å²) in [6.07, 6.45) is 1.61. The number of benzene rings is 3. The number of halogens is 4. The smallest absolute Gasteiger partial charge is 0.293 e. The van der Waals surface area contributed by atoms with Crippen LogP contribution in [0.3, 0.4) is 0 Å². The molecule has 0 spiro atoms. The molecule has 0 aromatic heterocycles. The van der Waals surface area contributed by atoms with Crippen LogP contribution in [0.2, 0.25) is 20.1 Å². The van der Waals surface area contributed by atoms with Crippen molar-refractivity contribution in [2.75, 3.05) is 0 Å². The lowest BCUT2D eigenvalue weighted by Crippen LogP contribution is -2.27. The number of nitrogens with zero attached hydrogens (tertiary/aromatic N) is 1. The van der Waals surface area contributed by atoms with E-state index in [-0.39, 0.29) is 23.3 Å². The van der Waals surface area contributed by atoms with Crippen LogP contribution in [0.15, 0.2) is 65.6 Å². The summed E-state index contributed by atoms with van der Waals surface area (Å²) in [5, 5.41) is 1.48. The molecule has 0 aliphatic carbocycles. The van der Waals surface area contributed by atoms with Crippen molar-refractivity contribution in [1.29, 1.82) is 0 Å². The number of amides is 2. The molecular weight excluding hydrogens is 524 g/mol. The zero-order valence-corrected chi connectivity index (χ0v) is 20.7. The number of rotatable bonds is 6. The second-order valence-electron chi connectivity index (χ2n) is 7.12. The molecule has 1 aliphatic rings. The van der Waals surface area contributed by atoms with Gasteiger partial charge in [0.15, 0.2) is 0 Å². The van der Waals surface area contributed by atoms with Crippen LogP contribution in [0.5, 0.6) is 5.75 Å². The minimum absolute atomic E-state index is 0.0898. The minimum atomic E-state index is -0.406. The first-order valence-corrected chi connectivity index (χ1v) is 12.0. The third kappa shape index (κ3) is 5.86. The molecule has 168 valence electrons. The molecular formula is C24H15Cl4NO3S. The van der Waals surface area contributed by atoms with E-state index >= 15 is 0 Å². The van der Waals surface area contributed by atoms with Crippen LogP contribution in [0.1, 0.15) is 16.7 Å². The van der Waals surface area contributed by atoms with E-state index in [1.54, 1.807) is 48.5 Å². The molecule has 33 heavy (non-hydrogen) atoms. The highest BCUT2D eigenvalue weighted by molar-refractivity contribution is 8.18. The predicted octanol–water partition coefficient (Wildman–Crippen LogP) is 8.12. The van der Waals surface area contributed by atoms with Gasteiger partial charge in [-0.15, -0.1) is 0 Å². The molecule has 3 aromatic rings. The van der Waals surface area contributed by atoms with Crippen molar-refractivity contribution in [3.8, 4) is 5.75 Å². The van der Waals surface area contributed by atoms with Crippen LogP contribution in [-0.4, -0.2) is 16.0 Å². The van der Waals surface area contributed by atoms with Crippen LogP contribution in [0.25, 0.3) is 6.08 Å². The fourth-order valence-electron chi connectivity index (χ4n) is 3.15. The Hall–Kier alpha value is -2.15. The van der Waals surface area contributed by atoms with Crippen molar-refractivity contribution < 1.29 is 14.3 Å². The number of imide groups is 1. The molecule has 1 heterocycles. The van der Waals surface area contributed by atoms with Gasteiger partial charge in [0.2, 0.25) is 0 Å². The Morgan fingerprint density at radius 3 is 2.39 bits per heavy atom. The summed E-state index contributed by atoms with van der Waals surface area (Å²) >= 11 is 25.1. The normalized spacial score (nSPS) is 14.9. The molecule has 0 saturated carbocycles. The number of carbonyl (C=O) groups is 2.